The maximum atomic E-state index is 5.19. The molecule has 0 bridgehead atoms. The van der Waals surface area contributed by atoms with Crippen LogP contribution in [-0.2, 0) is 0 Å². The minimum Gasteiger partial charge on any atom is -0.497 e. The van der Waals surface area contributed by atoms with Crippen LogP contribution in [0.1, 0.15) is 0 Å². The number of nitrogens with one attached hydrogen (secondary N) is 2. The van der Waals surface area contributed by atoms with Gasteiger partial charge in [0.05, 0.1) is 30.7 Å². The number of hydrogen-bond donors (Lipinski definition) is 2. The van der Waals surface area contributed by atoms with Crippen molar-refractivity contribution in [3.8, 4) is 5.75 Å². The van der Waals surface area contributed by atoms with Crippen LogP contribution in [0.5, 0.6) is 5.75 Å². The Morgan fingerprint density at radius 3 is 2.17 bits per heavy atom. The van der Waals surface area contributed by atoms with Gasteiger partial charge in [0, 0.05) is 38.7 Å². The van der Waals surface area contributed by atoms with E-state index < -0.39 is 0 Å². The molecule has 0 heterocycles. The Balaban J connectivity index is 1.56. The Kier molecular flexibility index (Phi) is 7.16. The van der Waals surface area contributed by atoms with Gasteiger partial charge in [0.1, 0.15) is 5.75 Å². The largest absolute Gasteiger partial charge is 0.497 e. The quantitative estimate of drug-likeness (QED) is 0.387. The second-order valence-electron chi connectivity index (χ2n) is 6.87. The number of ether oxygens (including phenoxy) is 1. The topological polar surface area (TPSA) is 52.1 Å². The van der Waals surface area contributed by atoms with E-state index in [0.29, 0.717) is 6.54 Å². The monoisotopic (exact) mass is 403 g/mol. The van der Waals surface area contributed by atoms with Gasteiger partial charge in [-0.05, 0) is 60.7 Å². The van der Waals surface area contributed by atoms with Crippen LogP contribution >= 0.6 is 0 Å². The van der Waals surface area contributed by atoms with Gasteiger partial charge in [0.15, 0.2) is 0 Å². The molecule has 0 atom stereocenters. The Morgan fingerprint density at radius 2 is 1.53 bits per heavy atom. The van der Waals surface area contributed by atoms with Gasteiger partial charge in [0.2, 0.25) is 0 Å². The van der Waals surface area contributed by atoms with E-state index in [4.69, 9.17) is 4.74 Å². The van der Waals surface area contributed by atoms with Gasteiger partial charge in [-0.2, -0.15) is 5.10 Å². The van der Waals surface area contributed by atoms with Crippen molar-refractivity contribution in [1.29, 1.82) is 0 Å². The Bertz CT molecular complexity index is 954. The smallest absolute Gasteiger partial charge is 0.119 e. The SMILES string of the molecule is CNc1ccccc1N(C)C/C=N/N(C)c1ccc(Nc2ccc(OC)cc2)cc1. The molecule has 30 heavy (non-hydrogen) atoms. The number of anilines is 5. The van der Waals surface area contributed by atoms with Crippen molar-refractivity contribution < 1.29 is 4.74 Å². The standard InChI is InChI=1S/C24H29N5O/c1-25-23-7-5-6-8-24(23)28(2)18-17-26-29(3)21-13-9-19(10-14-21)27-20-11-15-22(30-4)16-12-20/h5-17,25,27H,18H2,1-4H3/b26-17+. The van der Waals surface area contributed by atoms with Gasteiger partial charge in [-0.15, -0.1) is 0 Å². The molecule has 156 valence electrons. The summed E-state index contributed by atoms with van der Waals surface area (Å²) in [5, 5.41) is 13.0. The van der Waals surface area contributed by atoms with E-state index in [1.165, 1.54) is 0 Å². The fourth-order valence-corrected chi connectivity index (χ4v) is 3.07. The molecule has 0 aromatic heterocycles. The number of hydrogen-bond acceptors (Lipinski definition) is 6. The van der Waals surface area contributed by atoms with E-state index in [9.17, 15) is 0 Å². The summed E-state index contributed by atoms with van der Waals surface area (Å²) in [6, 6.07) is 24.3. The fourth-order valence-electron chi connectivity index (χ4n) is 3.07. The van der Waals surface area contributed by atoms with Crippen molar-refractivity contribution in [3.05, 3.63) is 72.8 Å². The molecule has 3 rings (SSSR count). The van der Waals surface area contributed by atoms with Crippen LogP contribution in [0, 0.1) is 0 Å². The lowest BCUT2D eigenvalue weighted by Gasteiger charge is -2.21. The highest BCUT2D eigenvalue weighted by atomic mass is 16.5. The highest BCUT2D eigenvalue weighted by Crippen LogP contribution is 2.24. The van der Waals surface area contributed by atoms with Crippen molar-refractivity contribution in [3.63, 3.8) is 0 Å². The minimum atomic E-state index is 0.708. The molecular formula is C24H29N5O. The number of nitrogens with zero attached hydrogens (tertiary/aromatic N) is 3. The first-order valence-corrected chi connectivity index (χ1v) is 9.86. The molecule has 0 fully saturated rings. The molecule has 0 aliphatic rings. The van der Waals surface area contributed by atoms with Crippen LogP contribution in [0.15, 0.2) is 77.9 Å². The summed E-state index contributed by atoms with van der Waals surface area (Å²) in [4.78, 5) is 2.16. The summed E-state index contributed by atoms with van der Waals surface area (Å²) >= 11 is 0. The number of rotatable bonds is 9. The van der Waals surface area contributed by atoms with Crippen LogP contribution in [-0.4, -0.2) is 41.0 Å². The van der Waals surface area contributed by atoms with E-state index in [0.717, 1.165) is 34.2 Å². The predicted octanol–water partition coefficient (Wildman–Crippen LogP) is 5.04. The zero-order chi connectivity index (χ0) is 21.3. The van der Waals surface area contributed by atoms with Crippen LogP contribution in [0.2, 0.25) is 0 Å². The van der Waals surface area contributed by atoms with Gasteiger partial charge in [-0.3, -0.25) is 5.01 Å². The maximum Gasteiger partial charge on any atom is 0.119 e. The van der Waals surface area contributed by atoms with E-state index in [1.807, 2.05) is 86.0 Å². The fraction of sp³-hybridized carbons (Fsp3) is 0.208. The molecule has 0 amide bonds. The van der Waals surface area contributed by atoms with Crippen molar-refractivity contribution in [2.75, 3.05) is 55.3 Å². The maximum absolute atomic E-state index is 5.19. The first-order valence-electron chi connectivity index (χ1n) is 9.86. The summed E-state index contributed by atoms with van der Waals surface area (Å²) in [6.07, 6.45) is 1.91. The molecule has 3 aromatic rings. The van der Waals surface area contributed by atoms with Crippen LogP contribution in [0.25, 0.3) is 0 Å². The molecule has 6 heteroatoms. The summed E-state index contributed by atoms with van der Waals surface area (Å²) in [6.45, 7) is 0.708. The molecule has 0 radical (unpaired) electrons. The van der Waals surface area contributed by atoms with Crippen molar-refractivity contribution in [1.82, 2.24) is 0 Å². The summed E-state index contributed by atoms with van der Waals surface area (Å²) in [5.41, 5.74) is 5.29. The number of benzene rings is 3. The third kappa shape index (κ3) is 5.44. The van der Waals surface area contributed by atoms with Crippen LogP contribution in [0.4, 0.5) is 28.4 Å². The number of methoxy groups -OCH3 is 1. The second-order valence-corrected chi connectivity index (χ2v) is 6.87. The lowest BCUT2D eigenvalue weighted by atomic mass is 10.2. The van der Waals surface area contributed by atoms with Crippen molar-refractivity contribution >= 4 is 34.7 Å². The molecule has 0 aliphatic carbocycles. The first kappa shape index (κ1) is 21.0. The van der Waals surface area contributed by atoms with Crippen LogP contribution < -0.4 is 25.3 Å². The second kappa shape index (κ2) is 10.2. The Labute approximate surface area is 178 Å². The molecule has 0 aliphatic heterocycles. The molecule has 0 saturated heterocycles. The highest BCUT2D eigenvalue weighted by Gasteiger charge is 2.05. The summed E-state index contributed by atoms with van der Waals surface area (Å²) < 4.78 is 5.19. The molecule has 3 aromatic carbocycles. The normalized spacial score (nSPS) is 10.7. The zero-order valence-electron chi connectivity index (χ0n) is 18.0. The lowest BCUT2D eigenvalue weighted by Crippen LogP contribution is -2.22. The van der Waals surface area contributed by atoms with Gasteiger partial charge >= 0.3 is 0 Å². The van der Waals surface area contributed by atoms with E-state index in [2.05, 4.69) is 39.8 Å². The average Bonchev–Trinajstić information content (AvgIpc) is 2.79. The van der Waals surface area contributed by atoms with Gasteiger partial charge < -0.3 is 20.3 Å². The van der Waals surface area contributed by atoms with E-state index >= 15 is 0 Å². The zero-order valence-corrected chi connectivity index (χ0v) is 18.0. The third-order valence-corrected chi connectivity index (χ3v) is 4.81. The Morgan fingerprint density at radius 1 is 0.900 bits per heavy atom. The number of para-hydroxylation sites is 2. The highest BCUT2D eigenvalue weighted by molar-refractivity contribution is 5.74. The molecular weight excluding hydrogens is 374 g/mol. The molecule has 0 spiro atoms. The summed E-state index contributed by atoms with van der Waals surface area (Å²) in [5.74, 6) is 0.843. The molecule has 0 saturated carbocycles. The van der Waals surface area contributed by atoms with Crippen molar-refractivity contribution in [2.24, 2.45) is 5.10 Å². The predicted molar refractivity (Wildman–Crippen MR) is 129 cm³/mol. The van der Waals surface area contributed by atoms with Gasteiger partial charge in [-0.1, -0.05) is 12.1 Å². The van der Waals surface area contributed by atoms with Gasteiger partial charge in [-0.25, -0.2) is 0 Å². The third-order valence-electron chi connectivity index (χ3n) is 4.81. The van der Waals surface area contributed by atoms with Crippen molar-refractivity contribution in [2.45, 2.75) is 0 Å². The van der Waals surface area contributed by atoms with E-state index in [1.54, 1.807) is 7.11 Å². The molecule has 6 nitrogen and oxygen atoms in total. The number of hydrazone groups is 1. The van der Waals surface area contributed by atoms with Gasteiger partial charge in [0.25, 0.3) is 0 Å². The van der Waals surface area contributed by atoms with Crippen LogP contribution in [0.3, 0.4) is 0 Å². The summed E-state index contributed by atoms with van der Waals surface area (Å²) in [7, 11) is 7.60. The lowest BCUT2D eigenvalue weighted by molar-refractivity contribution is 0.415. The molecule has 2 N–H and O–H groups in total. The molecule has 0 unspecified atom stereocenters. The first-order chi connectivity index (χ1) is 14.6. The average molecular weight is 404 g/mol. The van der Waals surface area contributed by atoms with E-state index in [-0.39, 0.29) is 0 Å². The Hall–Kier alpha value is -3.67. The minimum absolute atomic E-state index is 0.708.